The zero-order valence-electron chi connectivity index (χ0n) is 16.7. The van der Waals surface area contributed by atoms with Crippen molar-refractivity contribution in [2.45, 2.75) is 13.5 Å². The first-order valence-electron chi connectivity index (χ1n) is 10.1. The van der Waals surface area contributed by atoms with Crippen molar-refractivity contribution in [3.63, 3.8) is 0 Å². The predicted octanol–water partition coefficient (Wildman–Crippen LogP) is 3.29. The summed E-state index contributed by atoms with van der Waals surface area (Å²) in [5, 5.41) is 4.36. The summed E-state index contributed by atoms with van der Waals surface area (Å²) in [6.07, 6.45) is 3.51. The molecule has 1 aliphatic heterocycles. The number of rotatable bonds is 6. The van der Waals surface area contributed by atoms with E-state index in [4.69, 9.17) is 4.74 Å². The van der Waals surface area contributed by atoms with Crippen LogP contribution in [-0.2, 0) is 6.54 Å². The van der Waals surface area contributed by atoms with Gasteiger partial charge in [0, 0.05) is 32.4 Å². The highest BCUT2D eigenvalue weighted by Crippen LogP contribution is 2.29. The highest BCUT2D eigenvalue weighted by molar-refractivity contribution is 5.94. The Hall–Kier alpha value is -3.28. The van der Waals surface area contributed by atoms with Crippen LogP contribution in [0.5, 0.6) is 5.75 Å². The van der Waals surface area contributed by atoms with Gasteiger partial charge in [-0.25, -0.2) is 0 Å². The molecule has 29 heavy (non-hydrogen) atoms. The molecule has 0 aliphatic carbocycles. The van der Waals surface area contributed by atoms with Gasteiger partial charge in [-0.15, -0.1) is 0 Å². The van der Waals surface area contributed by atoms with Crippen molar-refractivity contribution in [2.24, 2.45) is 0 Å². The fraction of sp³-hybridized carbons (Fsp3) is 0.304. The summed E-state index contributed by atoms with van der Waals surface area (Å²) >= 11 is 0. The molecule has 0 N–H and O–H groups in total. The smallest absolute Gasteiger partial charge is 0.257 e. The summed E-state index contributed by atoms with van der Waals surface area (Å²) in [6.45, 7) is 6.23. The lowest BCUT2D eigenvalue weighted by Gasteiger charge is -2.36. The lowest BCUT2D eigenvalue weighted by Crippen LogP contribution is -2.48. The normalized spacial score (nSPS) is 14.1. The Morgan fingerprint density at radius 3 is 2.48 bits per heavy atom. The number of nitrogens with zero attached hydrogens (tertiary/aromatic N) is 4. The number of hydrogen-bond donors (Lipinski definition) is 0. The Balaban J connectivity index is 1.37. The van der Waals surface area contributed by atoms with Crippen LogP contribution < -0.4 is 9.64 Å². The topological polar surface area (TPSA) is 50.6 Å². The van der Waals surface area contributed by atoms with Crippen molar-refractivity contribution in [3.05, 3.63) is 78.1 Å². The summed E-state index contributed by atoms with van der Waals surface area (Å²) in [7, 11) is 0. The molecule has 6 nitrogen and oxygen atoms in total. The number of carbonyl (C=O) groups excluding carboxylic acids is 1. The zero-order valence-corrected chi connectivity index (χ0v) is 16.7. The standard InChI is InChI=1S/C23H26N4O2/c1-2-29-22-11-7-6-10-21(22)25-12-14-26(15-13-25)23(28)20-16-24-27(18-20)17-19-8-4-3-5-9-19/h3-11,16,18H,2,12-15,17H2,1H3. The molecule has 2 aromatic carbocycles. The molecule has 1 amide bonds. The molecule has 0 spiro atoms. The van der Waals surface area contributed by atoms with Crippen LogP contribution in [0.1, 0.15) is 22.8 Å². The Labute approximate surface area is 171 Å². The third-order valence-corrected chi connectivity index (χ3v) is 5.14. The van der Waals surface area contributed by atoms with Crippen LogP contribution in [0.2, 0.25) is 0 Å². The highest BCUT2D eigenvalue weighted by Gasteiger charge is 2.24. The number of carbonyl (C=O) groups is 1. The number of piperazine rings is 1. The summed E-state index contributed by atoms with van der Waals surface area (Å²) in [5.74, 6) is 0.944. The second kappa shape index (κ2) is 8.82. The molecule has 150 valence electrons. The minimum atomic E-state index is 0.0436. The predicted molar refractivity (Wildman–Crippen MR) is 113 cm³/mol. The van der Waals surface area contributed by atoms with Gasteiger partial charge in [0.2, 0.25) is 0 Å². The van der Waals surface area contributed by atoms with E-state index in [2.05, 4.69) is 28.2 Å². The Morgan fingerprint density at radius 1 is 1.00 bits per heavy atom. The first-order valence-corrected chi connectivity index (χ1v) is 10.1. The van der Waals surface area contributed by atoms with Gasteiger partial charge in [0.05, 0.1) is 30.6 Å². The van der Waals surface area contributed by atoms with E-state index in [1.54, 1.807) is 6.20 Å². The van der Waals surface area contributed by atoms with Gasteiger partial charge in [0.15, 0.2) is 0 Å². The number of aromatic nitrogens is 2. The van der Waals surface area contributed by atoms with Gasteiger partial charge < -0.3 is 14.5 Å². The third-order valence-electron chi connectivity index (χ3n) is 5.14. The van der Waals surface area contributed by atoms with Gasteiger partial charge >= 0.3 is 0 Å². The van der Waals surface area contributed by atoms with Gasteiger partial charge in [0.25, 0.3) is 5.91 Å². The van der Waals surface area contributed by atoms with Crippen LogP contribution in [0.4, 0.5) is 5.69 Å². The fourth-order valence-electron chi connectivity index (χ4n) is 3.66. The average Bonchev–Trinajstić information content (AvgIpc) is 3.23. The summed E-state index contributed by atoms with van der Waals surface area (Å²) in [5.41, 5.74) is 2.90. The Morgan fingerprint density at radius 2 is 1.72 bits per heavy atom. The van der Waals surface area contributed by atoms with E-state index >= 15 is 0 Å². The van der Waals surface area contributed by atoms with Crippen LogP contribution in [0, 0.1) is 0 Å². The monoisotopic (exact) mass is 390 g/mol. The first-order chi connectivity index (χ1) is 14.2. The van der Waals surface area contributed by atoms with Crippen molar-refractivity contribution >= 4 is 11.6 Å². The maximum absolute atomic E-state index is 12.9. The summed E-state index contributed by atoms with van der Waals surface area (Å²) < 4.78 is 7.57. The number of ether oxygens (including phenoxy) is 1. The quantitative estimate of drug-likeness (QED) is 0.648. The minimum Gasteiger partial charge on any atom is -0.492 e. The second-order valence-corrected chi connectivity index (χ2v) is 7.09. The maximum atomic E-state index is 12.9. The van der Waals surface area contributed by atoms with Gasteiger partial charge in [-0.05, 0) is 24.6 Å². The van der Waals surface area contributed by atoms with Crippen LogP contribution in [0.15, 0.2) is 67.0 Å². The third kappa shape index (κ3) is 4.42. The molecule has 0 saturated carbocycles. The van der Waals surface area contributed by atoms with Crippen molar-refractivity contribution in [1.82, 2.24) is 14.7 Å². The SMILES string of the molecule is CCOc1ccccc1N1CCN(C(=O)c2cnn(Cc3ccccc3)c2)CC1. The van der Waals surface area contributed by atoms with E-state index in [0.717, 1.165) is 30.1 Å². The molecule has 1 aliphatic rings. The summed E-state index contributed by atoms with van der Waals surface area (Å²) in [4.78, 5) is 17.1. The molecule has 6 heteroatoms. The molecule has 1 fully saturated rings. The second-order valence-electron chi connectivity index (χ2n) is 7.09. The molecule has 0 atom stereocenters. The molecule has 0 unspecified atom stereocenters. The van der Waals surface area contributed by atoms with Crippen molar-refractivity contribution in [1.29, 1.82) is 0 Å². The first kappa shape index (κ1) is 19.1. The minimum absolute atomic E-state index is 0.0436. The average molecular weight is 390 g/mol. The van der Waals surface area contributed by atoms with Crippen molar-refractivity contribution < 1.29 is 9.53 Å². The van der Waals surface area contributed by atoms with Gasteiger partial charge in [0.1, 0.15) is 5.75 Å². The number of anilines is 1. The van der Waals surface area contributed by atoms with Gasteiger partial charge in [-0.1, -0.05) is 42.5 Å². The van der Waals surface area contributed by atoms with Crippen LogP contribution in [0.25, 0.3) is 0 Å². The molecular formula is C23H26N4O2. The highest BCUT2D eigenvalue weighted by atomic mass is 16.5. The van der Waals surface area contributed by atoms with Crippen molar-refractivity contribution in [2.75, 3.05) is 37.7 Å². The molecule has 3 aromatic rings. The van der Waals surface area contributed by atoms with E-state index in [0.29, 0.717) is 31.8 Å². The molecule has 0 radical (unpaired) electrons. The molecule has 0 bridgehead atoms. The van der Waals surface area contributed by atoms with E-state index in [-0.39, 0.29) is 5.91 Å². The van der Waals surface area contributed by atoms with E-state index in [1.807, 2.05) is 59.1 Å². The molecule has 1 aromatic heterocycles. The van der Waals surface area contributed by atoms with Gasteiger partial charge in [-0.3, -0.25) is 9.48 Å². The van der Waals surface area contributed by atoms with Crippen molar-refractivity contribution in [3.8, 4) is 5.75 Å². The lowest BCUT2D eigenvalue weighted by molar-refractivity contribution is 0.0746. The zero-order chi connectivity index (χ0) is 20.1. The van der Waals surface area contributed by atoms with E-state index < -0.39 is 0 Å². The maximum Gasteiger partial charge on any atom is 0.257 e. The largest absolute Gasteiger partial charge is 0.492 e. The number of hydrogen-bond acceptors (Lipinski definition) is 4. The molecule has 2 heterocycles. The molecule has 1 saturated heterocycles. The Kier molecular flexibility index (Phi) is 5.79. The lowest BCUT2D eigenvalue weighted by atomic mass is 10.2. The molecule has 4 rings (SSSR count). The number of para-hydroxylation sites is 2. The van der Waals surface area contributed by atoms with Gasteiger partial charge in [-0.2, -0.15) is 5.10 Å². The summed E-state index contributed by atoms with van der Waals surface area (Å²) in [6, 6.07) is 18.2. The number of amides is 1. The Bertz CT molecular complexity index is 946. The fourth-order valence-corrected chi connectivity index (χ4v) is 3.66. The van der Waals surface area contributed by atoms with Crippen LogP contribution >= 0.6 is 0 Å². The van der Waals surface area contributed by atoms with Crippen LogP contribution in [-0.4, -0.2) is 53.4 Å². The van der Waals surface area contributed by atoms with E-state index in [1.165, 1.54) is 0 Å². The molecular weight excluding hydrogens is 364 g/mol. The van der Waals surface area contributed by atoms with Crippen LogP contribution in [0.3, 0.4) is 0 Å². The van der Waals surface area contributed by atoms with E-state index in [9.17, 15) is 4.79 Å². The number of benzene rings is 2.